The molecule has 2 heterocycles. The Morgan fingerprint density at radius 3 is 2.71 bits per heavy atom. The Morgan fingerprint density at radius 1 is 1.38 bits per heavy atom. The van der Waals surface area contributed by atoms with Gasteiger partial charge in [0.2, 0.25) is 11.8 Å². The van der Waals surface area contributed by atoms with Gasteiger partial charge in [-0.05, 0) is 13.1 Å². The highest BCUT2D eigenvalue weighted by Crippen LogP contribution is 2.37. The first-order valence-electron chi connectivity index (χ1n) is 7.45. The van der Waals surface area contributed by atoms with E-state index in [1.165, 1.54) is 23.2 Å². The average molecular weight is 347 g/mol. The lowest BCUT2D eigenvalue weighted by Gasteiger charge is -2.20. The number of hydrogen-bond acceptors (Lipinski definition) is 5. The van der Waals surface area contributed by atoms with Gasteiger partial charge in [-0.25, -0.2) is 4.98 Å². The maximum atomic E-state index is 13.0. The Labute approximate surface area is 137 Å². The lowest BCUT2D eigenvalue weighted by Crippen LogP contribution is -2.36. The molecule has 1 fully saturated rings. The fraction of sp³-hybridized carbons (Fsp3) is 0.600. The molecule has 0 bridgehead atoms. The summed E-state index contributed by atoms with van der Waals surface area (Å²) in [6.07, 6.45) is -3.05. The lowest BCUT2D eigenvalue weighted by molar-refractivity contribution is -0.182. The van der Waals surface area contributed by atoms with Gasteiger partial charge in [-0.1, -0.05) is 0 Å². The van der Waals surface area contributed by atoms with Crippen LogP contribution in [0, 0.1) is 11.8 Å². The van der Waals surface area contributed by atoms with E-state index in [1.54, 1.807) is 14.2 Å². The summed E-state index contributed by atoms with van der Waals surface area (Å²) in [5, 5.41) is 2.49. The van der Waals surface area contributed by atoms with Gasteiger partial charge in [0.05, 0.1) is 30.3 Å². The number of ether oxygens (including phenoxy) is 2. The highest BCUT2D eigenvalue weighted by Gasteiger charge is 2.51. The molecule has 0 spiro atoms. The highest BCUT2D eigenvalue weighted by molar-refractivity contribution is 5.93. The Hall–Kier alpha value is -1.87. The van der Waals surface area contributed by atoms with Gasteiger partial charge in [0.1, 0.15) is 6.61 Å². The first-order valence-corrected chi connectivity index (χ1v) is 7.45. The van der Waals surface area contributed by atoms with Gasteiger partial charge in [0.25, 0.3) is 0 Å². The summed E-state index contributed by atoms with van der Waals surface area (Å²) in [5.41, 5.74) is 0.328. The van der Waals surface area contributed by atoms with Crippen LogP contribution in [-0.2, 0) is 9.53 Å². The molecular weight excluding hydrogens is 327 g/mol. The van der Waals surface area contributed by atoms with E-state index in [1.807, 2.05) is 0 Å². The number of carbonyl (C=O) groups excluding carboxylic acids is 1. The monoisotopic (exact) mass is 347 g/mol. The fourth-order valence-corrected chi connectivity index (χ4v) is 2.60. The lowest BCUT2D eigenvalue weighted by atomic mass is 9.94. The van der Waals surface area contributed by atoms with Crippen molar-refractivity contribution in [1.82, 2.24) is 9.88 Å². The van der Waals surface area contributed by atoms with Gasteiger partial charge in [-0.2, -0.15) is 13.2 Å². The van der Waals surface area contributed by atoms with Crippen LogP contribution in [0.4, 0.5) is 18.9 Å². The minimum absolute atomic E-state index is 0.0711. The van der Waals surface area contributed by atoms with Gasteiger partial charge in [0, 0.05) is 26.3 Å². The number of aromatic nitrogens is 1. The molecule has 1 aromatic heterocycles. The molecule has 2 rings (SSSR count). The summed E-state index contributed by atoms with van der Waals surface area (Å²) in [6.45, 7) is 0.638. The molecule has 2 atom stereocenters. The van der Waals surface area contributed by atoms with E-state index in [-0.39, 0.29) is 13.1 Å². The number of rotatable bonds is 6. The normalized spacial score (nSPS) is 21.7. The molecule has 1 aliphatic heterocycles. The topological polar surface area (TPSA) is 63.7 Å². The molecule has 24 heavy (non-hydrogen) atoms. The number of nitrogens with zero attached hydrogens (tertiary/aromatic N) is 2. The van der Waals surface area contributed by atoms with Crippen molar-refractivity contribution in [2.45, 2.75) is 6.18 Å². The number of alkyl halides is 3. The van der Waals surface area contributed by atoms with E-state index in [0.717, 1.165) is 0 Å². The van der Waals surface area contributed by atoms with Gasteiger partial charge in [0.15, 0.2) is 0 Å². The van der Waals surface area contributed by atoms with Crippen molar-refractivity contribution in [3.63, 3.8) is 0 Å². The highest BCUT2D eigenvalue weighted by atomic mass is 19.4. The number of likely N-dealkylation sites (tertiary alicyclic amines) is 1. The van der Waals surface area contributed by atoms with Crippen molar-refractivity contribution in [2.24, 2.45) is 11.8 Å². The summed E-state index contributed by atoms with van der Waals surface area (Å²) in [7, 11) is 3.11. The van der Waals surface area contributed by atoms with Gasteiger partial charge < -0.3 is 19.7 Å². The number of anilines is 1. The summed E-state index contributed by atoms with van der Waals surface area (Å²) in [6, 6.07) is 3.07. The van der Waals surface area contributed by atoms with Crippen LogP contribution in [0.25, 0.3) is 0 Å². The van der Waals surface area contributed by atoms with Crippen molar-refractivity contribution >= 4 is 11.6 Å². The minimum Gasteiger partial charge on any atom is -0.475 e. The van der Waals surface area contributed by atoms with Crippen molar-refractivity contribution in [3.05, 3.63) is 18.3 Å². The van der Waals surface area contributed by atoms with E-state index >= 15 is 0 Å². The zero-order chi connectivity index (χ0) is 17.7. The molecule has 9 heteroatoms. The second-order valence-electron chi connectivity index (χ2n) is 5.69. The van der Waals surface area contributed by atoms with Crippen LogP contribution in [0.15, 0.2) is 18.3 Å². The summed E-state index contributed by atoms with van der Waals surface area (Å²) in [4.78, 5) is 17.7. The molecule has 1 N–H and O–H groups in total. The number of methoxy groups -OCH3 is 1. The second kappa shape index (κ2) is 7.80. The first kappa shape index (κ1) is 18.5. The number of carbonyl (C=O) groups is 1. The molecule has 0 aliphatic carbocycles. The predicted molar refractivity (Wildman–Crippen MR) is 80.8 cm³/mol. The Bertz CT molecular complexity index is 551. The number of hydrogen-bond donors (Lipinski definition) is 1. The maximum Gasteiger partial charge on any atom is 0.393 e. The molecule has 0 unspecified atom stereocenters. The fourth-order valence-electron chi connectivity index (χ4n) is 2.60. The summed E-state index contributed by atoms with van der Waals surface area (Å²) in [5.74, 6) is -3.10. The average Bonchev–Trinajstić information content (AvgIpc) is 2.92. The zero-order valence-electron chi connectivity index (χ0n) is 13.5. The molecule has 6 nitrogen and oxygen atoms in total. The van der Waals surface area contributed by atoms with E-state index < -0.39 is 23.9 Å². The largest absolute Gasteiger partial charge is 0.475 e. The minimum atomic E-state index is -4.40. The zero-order valence-corrected chi connectivity index (χ0v) is 13.5. The predicted octanol–water partition coefficient (Wildman–Crippen LogP) is 1.79. The molecule has 134 valence electrons. The molecular formula is C15H20F3N3O3. The van der Waals surface area contributed by atoms with E-state index in [9.17, 15) is 18.0 Å². The van der Waals surface area contributed by atoms with Crippen molar-refractivity contribution in [3.8, 4) is 5.88 Å². The Balaban J connectivity index is 1.96. The molecule has 1 aromatic rings. The van der Waals surface area contributed by atoms with Gasteiger partial charge in [-0.15, -0.1) is 0 Å². The Morgan fingerprint density at radius 2 is 2.12 bits per heavy atom. The maximum absolute atomic E-state index is 13.0. The van der Waals surface area contributed by atoms with Gasteiger partial charge in [-0.3, -0.25) is 4.79 Å². The first-order chi connectivity index (χ1) is 11.3. The van der Waals surface area contributed by atoms with Crippen LogP contribution in [0.1, 0.15) is 0 Å². The SMILES string of the molecule is COCCOc1ccc(NC(=O)[C@@H]2CN(C)C[C@H]2C(F)(F)F)cn1. The molecule has 1 aliphatic rings. The summed E-state index contributed by atoms with van der Waals surface area (Å²) < 4.78 is 49.2. The van der Waals surface area contributed by atoms with Crippen LogP contribution in [-0.4, -0.2) is 62.4 Å². The van der Waals surface area contributed by atoms with Crippen molar-refractivity contribution in [1.29, 1.82) is 0 Å². The molecule has 1 saturated heterocycles. The van der Waals surface area contributed by atoms with Crippen LogP contribution < -0.4 is 10.1 Å². The number of halogens is 3. The molecule has 1 amide bonds. The van der Waals surface area contributed by atoms with E-state index in [4.69, 9.17) is 9.47 Å². The van der Waals surface area contributed by atoms with E-state index in [0.29, 0.717) is 24.8 Å². The standard InChI is InChI=1S/C15H20F3N3O3/c1-21-8-11(12(9-21)15(16,17)18)14(22)20-10-3-4-13(19-7-10)24-6-5-23-2/h3-4,7,11-12H,5-6,8-9H2,1-2H3,(H,20,22)/t11-,12-/m1/s1. The number of nitrogens with one attached hydrogen (secondary N) is 1. The number of pyridine rings is 1. The third-order valence-electron chi connectivity index (χ3n) is 3.80. The second-order valence-corrected chi connectivity index (χ2v) is 5.69. The van der Waals surface area contributed by atoms with Crippen LogP contribution >= 0.6 is 0 Å². The molecule has 0 saturated carbocycles. The van der Waals surface area contributed by atoms with Crippen molar-refractivity contribution in [2.75, 3.05) is 45.8 Å². The quantitative estimate of drug-likeness (QED) is 0.795. The van der Waals surface area contributed by atoms with Crippen LogP contribution in [0.5, 0.6) is 5.88 Å². The van der Waals surface area contributed by atoms with Crippen molar-refractivity contribution < 1.29 is 27.4 Å². The van der Waals surface area contributed by atoms with Crippen LogP contribution in [0.2, 0.25) is 0 Å². The third kappa shape index (κ3) is 4.81. The summed E-state index contributed by atoms with van der Waals surface area (Å²) >= 11 is 0. The van der Waals surface area contributed by atoms with Gasteiger partial charge >= 0.3 is 6.18 Å². The van der Waals surface area contributed by atoms with E-state index in [2.05, 4.69) is 10.3 Å². The molecule has 0 aromatic carbocycles. The molecule has 0 radical (unpaired) electrons. The van der Waals surface area contributed by atoms with Crippen LogP contribution in [0.3, 0.4) is 0 Å². The Kier molecular flexibility index (Phi) is 6.00. The third-order valence-corrected chi connectivity index (χ3v) is 3.80. The number of amides is 1. The smallest absolute Gasteiger partial charge is 0.393 e.